The lowest BCUT2D eigenvalue weighted by molar-refractivity contribution is -0.119. The summed E-state index contributed by atoms with van der Waals surface area (Å²) in [6.45, 7) is 1.42. The highest BCUT2D eigenvalue weighted by Gasteiger charge is 2.18. The Morgan fingerprint density at radius 1 is 0.917 bits per heavy atom. The molecule has 0 aliphatic rings. The summed E-state index contributed by atoms with van der Waals surface area (Å²) in [5, 5.41) is 3.49. The molecule has 1 amide bonds. The fraction of sp³-hybridized carbons (Fsp3) is 0.0690. The smallest absolute Gasteiger partial charge is 0.339 e. The summed E-state index contributed by atoms with van der Waals surface area (Å²) in [5.41, 5.74) is 2.12. The molecule has 5 aromatic rings. The van der Waals surface area contributed by atoms with E-state index in [1.165, 1.54) is 0 Å². The van der Waals surface area contributed by atoms with Crippen molar-refractivity contribution in [2.45, 2.75) is 16.7 Å². The van der Waals surface area contributed by atoms with Gasteiger partial charge in [-0.05, 0) is 55.5 Å². The van der Waals surface area contributed by atoms with E-state index in [4.69, 9.17) is 9.15 Å². The number of para-hydroxylation sites is 2. The Kier molecular flexibility index (Phi) is 6.82. The first-order valence-corrected chi connectivity index (χ1v) is 12.1. The second kappa shape index (κ2) is 10.5. The van der Waals surface area contributed by atoms with Crippen molar-refractivity contribution in [3.63, 3.8) is 0 Å². The molecule has 0 saturated carbocycles. The lowest BCUT2D eigenvalue weighted by Crippen LogP contribution is -2.21. The van der Waals surface area contributed by atoms with E-state index >= 15 is 0 Å². The number of hydrogen-bond acceptors (Lipinski definition) is 6. The summed E-state index contributed by atoms with van der Waals surface area (Å²) in [6.07, 6.45) is 0. The molecule has 3 aromatic carbocycles. The normalized spacial score (nSPS) is 10.8. The molecule has 0 aliphatic carbocycles. The van der Waals surface area contributed by atoms with Crippen LogP contribution in [0.1, 0.15) is 16.1 Å². The van der Waals surface area contributed by atoms with Crippen molar-refractivity contribution >= 4 is 40.2 Å². The molecular weight excluding hydrogens is 472 g/mol. The molecule has 0 spiro atoms. The van der Waals surface area contributed by atoms with Crippen LogP contribution in [0.4, 0.5) is 5.69 Å². The topological polar surface area (TPSA) is 81.4 Å². The Balaban J connectivity index is 1.31. The summed E-state index contributed by atoms with van der Waals surface area (Å²) in [4.78, 5) is 32.3. The van der Waals surface area contributed by atoms with Gasteiger partial charge in [0.2, 0.25) is 0 Å². The van der Waals surface area contributed by atoms with Crippen LogP contribution < -0.4 is 5.32 Å². The average Bonchev–Trinajstić information content (AvgIpc) is 3.34. The van der Waals surface area contributed by atoms with Crippen molar-refractivity contribution < 1.29 is 18.7 Å². The molecule has 0 unspecified atom stereocenters. The third-order valence-corrected chi connectivity index (χ3v) is 6.48. The first-order chi connectivity index (χ1) is 17.6. The second-order valence-corrected chi connectivity index (χ2v) is 9.13. The predicted octanol–water partition coefficient (Wildman–Crippen LogP) is 6.75. The average molecular weight is 495 g/mol. The first-order valence-electron chi connectivity index (χ1n) is 11.3. The fourth-order valence-electron chi connectivity index (χ4n) is 3.71. The maximum absolute atomic E-state index is 13.0. The minimum Gasteiger partial charge on any atom is -0.460 e. The van der Waals surface area contributed by atoms with Crippen LogP contribution in [-0.2, 0) is 9.53 Å². The number of esters is 1. The van der Waals surface area contributed by atoms with Crippen LogP contribution in [0, 0.1) is 6.92 Å². The zero-order valence-corrected chi connectivity index (χ0v) is 20.2. The number of aryl methyl sites for hydroxylation is 1. The van der Waals surface area contributed by atoms with Crippen LogP contribution in [0.15, 0.2) is 111 Å². The van der Waals surface area contributed by atoms with E-state index in [-0.39, 0.29) is 0 Å². The van der Waals surface area contributed by atoms with Gasteiger partial charge in [0.1, 0.15) is 11.5 Å². The number of nitrogens with zero attached hydrogens (tertiary/aromatic N) is 1. The third kappa shape index (κ3) is 5.31. The minimum atomic E-state index is -0.611. The van der Waals surface area contributed by atoms with E-state index in [1.807, 2.05) is 85.8 Å². The van der Waals surface area contributed by atoms with Gasteiger partial charge in [-0.3, -0.25) is 4.79 Å². The number of carbonyl (C=O) groups is 2. The molecule has 1 N–H and O–H groups in total. The zero-order valence-electron chi connectivity index (χ0n) is 19.4. The Labute approximate surface area is 212 Å². The number of rotatable bonds is 7. The van der Waals surface area contributed by atoms with Gasteiger partial charge in [0.25, 0.3) is 5.91 Å². The number of fused-ring (bicyclic) bond motifs is 1. The van der Waals surface area contributed by atoms with E-state index in [1.54, 1.807) is 30.0 Å². The van der Waals surface area contributed by atoms with E-state index in [0.717, 1.165) is 15.6 Å². The summed E-state index contributed by atoms with van der Waals surface area (Å²) in [5.74, 6) is 0.258. The molecule has 178 valence electrons. The van der Waals surface area contributed by atoms with Gasteiger partial charge in [-0.15, -0.1) is 0 Å². The molecule has 6 nitrogen and oxygen atoms in total. The van der Waals surface area contributed by atoms with Crippen molar-refractivity contribution in [2.24, 2.45) is 0 Å². The molecule has 36 heavy (non-hydrogen) atoms. The van der Waals surface area contributed by atoms with Crippen LogP contribution >= 0.6 is 11.8 Å². The van der Waals surface area contributed by atoms with Gasteiger partial charge in [-0.2, -0.15) is 0 Å². The maximum Gasteiger partial charge on any atom is 0.339 e. The van der Waals surface area contributed by atoms with Gasteiger partial charge in [0, 0.05) is 15.2 Å². The number of ether oxygens (including phenoxy) is 1. The highest BCUT2D eigenvalue weighted by molar-refractivity contribution is 7.99. The molecule has 0 fully saturated rings. The number of carbonyl (C=O) groups excluding carboxylic acids is 2. The molecule has 0 aliphatic heterocycles. The van der Waals surface area contributed by atoms with Crippen molar-refractivity contribution in [2.75, 3.05) is 11.9 Å². The predicted molar refractivity (Wildman–Crippen MR) is 140 cm³/mol. The fourth-order valence-corrected chi connectivity index (χ4v) is 4.64. The molecule has 2 aromatic heterocycles. The highest BCUT2D eigenvalue weighted by atomic mass is 32.2. The molecule has 0 bridgehead atoms. The van der Waals surface area contributed by atoms with Crippen LogP contribution in [0.2, 0.25) is 0 Å². The molecule has 0 radical (unpaired) electrons. The third-order valence-electron chi connectivity index (χ3n) is 5.40. The van der Waals surface area contributed by atoms with Crippen LogP contribution in [-0.4, -0.2) is 23.5 Å². The van der Waals surface area contributed by atoms with E-state index in [9.17, 15) is 9.59 Å². The second-order valence-electron chi connectivity index (χ2n) is 8.02. The van der Waals surface area contributed by atoms with E-state index in [2.05, 4.69) is 10.3 Å². The number of benzene rings is 3. The molecular formula is C29H22N2O4S. The van der Waals surface area contributed by atoms with Crippen LogP contribution in [0.3, 0.4) is 0 Å². The number of pyridine rings is 1. The van der Waals surface area contributed by atoms with Gasteiger partial charge in [0.15, 0.2) is 12.4 Å². The van der Waals surface area contributed by atoms with E-state index < -0.39 is 18.5 Å². The Morgan fingerprint density at radius 2 is 1.67 bits per heavy atom. The maximum atomic E-state index is 13.0. The number of anilines is 1. The summed E-state index contributed by atoms with van der Waals surface area (Å²) in [7, 11) is 0. The molecule has 5 rings (SSSR count). The summed E-state index contributed by atoms with van der Waals surface area (Å²) in [6, 6.07) is 30.0. The Hall–Kier alpha value is -4.36. The SMILES string of the molecule is Cc1ccc(-c2cc(C(=O)OCC(=O)Nc3ccccc3Sc3ccccc3)c3ccccc3n2)o1. The summed E-state index contributed by atoms with van der Waals surface area (Å²) < 4.78 is 11.1. The number of amides is 1. The van der Waals surface area contributed by atoms with Gasteiger partial charge < -0.3 is 14.5 Å². The number of furan rings is 1. The summed E-state index contributed by atoms with van der Waals surface area (Å²) >= 11 is 1.54. The molecule has 2 heterocycles. The minimum absolute atomic E-state index is 0.317. The monoisotopic (exact) mass is 494 g/mol. The zero-order chi connectivity index (χ0) is 24.9. The number of hydrogen-bond donors (Lipinski definition) is 1. The van der Waals surface area contributed by atoms with Gasteiger partial charge >= 0.3 is 5.97 Å². The van der Waals surface area contributed by atoms with Crippen LogP contribution in [0.25, 0.3) is 22.4 Å². The van der Waals surface area contributed by atoms with E-state index in [0.29, 0.717) is 33.6 Å². The quantitative estimate of drug-likeness (QED) is 0.252. The molecule has 0 saturated heterocycles. The van der Waals surface area contributed by atoms with Crippen molar-refractivity contribution in [1.29, 1.82) is 0 Å². The first kappa shape index (κ1) is 23.4. The van der Waals surface area contributed by atoms with Crippen molar-refractivity contribution in [3.05, 3.63) is 108 Å². The lowest BCUT2D eigenvalue weighted by atomic mass is 10.1. The molecule has 7 heteroatoms. The number of nitrogens with one attached hydrogen (secondary N) is 1. The Bertz CT molecular complexity index is 1550. The Morgan fingerprint density at radius 3 is 2.47 bits per heavy atom. The lowest BCUT2D eigenvalue weighted by Gasteiger charge is -2.12. The van der Waals surface area contributed by atoms with Crippen LogP contribution in [0.5, 0.6) is 0 Å². The number of aromatic nitrogens is 1. The van der Waals surface area contributed by atoms with Gasteiger partial charge in [0.05, 0.1) is 16.8 Å². The van der Waals surface area contributed by atoms with Crippen molar-refractivity contribution in [3.8, 4) is 11.5 Å². The largest absolute Gasteiger partial charge is 0.460 e. The van der Waals surface area contributed by atoms with Gasteiger partial charge in [-0.1, -0.05) is 60.3 Å². The highest BCUT2D eigenvalue weighted by Crippen LogP contribution is 2.33. The molecule has 0 atom stereocenters. The van der Waals surface area contributed by atoms with Crippen molar-refractivity contribution in [1.82, 2.24) is 4.98 Å². The standard InChI is InChI=1S/C29H22N2O4S/c1-19-15-16-26(35-19)25-17-22(21-11-5-6-12-23(21)30-25)29(33)34-18-28(32)31-24-13-7-8-14-27(24)36-20-9-3-2-4-10-20/h2-17H,18H2,1H3,(H,31,32). The van der Waals surface area contributed by atoms with Gasteiger partial charge in [-0.25, -0.2) is 9.78 Å².